The third-order valence-corrected chi connectivity index (χ3v) is 3.44. The van der Waals surface area contributed by atoms with Crippen molar-refractivity contribution >= 4 is 11.5 Å². The zero-order valence-electron chi connectivity index (χ0n) is 11.0. The number of nitrogens with zero attached hydrogens (tertiary/aromatic N) is 3. The van der Waals surface area contributed by atoms with Crippen molar-refractivity contribution in [3.8, 4) is 5.75 Å². The Morgan fingerprint density at radius 2 is 2.11 bits per heavy atom. The Kier molecular flexibility index (Phi) is 2.51. The Balaban J connectivity index is 2.06. The number of methoxy groups -OCH3 is 1. The number of fused-ring (bicyclic) bond motifs is 1. The first-order valence-electron chi connectivity index (χ1n) is 6.14. The van der Waals surface area contributed by atoms with Gasteiger partial charge in [0.25, 0.3) is 0 Å². The number of aromatic nitrogens is 2. The van der Waals surface area contributed by atoms with Gasteiger partial charge in [0, 0.05) is 31.4 Å². The van der Waals surface area contributed by atoms with Crippen molar-refractivity contribution < 1.29 is 4.74 Å². The Bertz CT molecular complexity index is 589. The summed E-state index contributed by atoms with van der Waals surface area (Å²) in [5.74, 6) is 2.04. The number of aryl methyl sites for hydroxylation is 2. The smallest absolute Gasteiger partial charge is 0.131 e. The second-order valence-electron chi connectivity index (χ2n) is 4.66. The van der Waals surface area contributed by atoms with Crippen LogP contribution in [0.4, 0.5) is 11.5 Å². The first-order valence-corrected chi connectivity index (χ1v) is 6.14. The van der Waals surface area contributed by atoms with Gasteiger partial charge in [-0.3, -0.25) is 4.68 Å². The number of rotatable bonds is 2. The zero-order chi connectivity index (χ0) is 12.7. The number of anilines is 2. The molecule has 3 rings (SSSR count). The minimum Gasteiger partial charge on any atom is -0.497 e. The van der Waals surface area contributed by atoms with Crippen molar-refractivity contribution in [2.45, 2.75) is 13.3 Å². The molecule has 0 unspecified atom stereocenters. The average molecular weight is 243 g/mol. The summed E-state index contributed by atoms with van der Waals surface area (Å²) in [6.45, 7) is 3.02. The van der Waals surface area contributed by atoms with Crippen molar-refractivity contribution in [1.82, 2.24) is 9.78 Å². The average Bonchev–Trinajstić information content (AvgIpc) is 2.91. The molecule has 0 aliphatic carbocycles. The number of benzene rings is 1. The molecule has 4 nitrogen and oxygen atoms in total. The largest absolute Gasteiger partial charge is 0.497 e. The first kappa shape index (κ1) is 11.1. The van der Waals surface area contributed by atoms with Gasteiger partial charge >= 0.3 is 0 Å². The van der Waals surface area contributed by atoms with Crippen molar-refractivity contribution in [2.75, 3.05) is 18.6 Å². The quantitative estimate of drug-likeness (QED) is 0.811. The lowest BCUT2D eigenvalue weighted by Crippen LogP contribution is -2.16. The van der Waals surface area contributed by atoms with Crippen LogP contribution in [0.15, 0.2) is 24.3 Å². The highest BCUT2D eigenvalue weighted by Crippen LogP contribution is 2.36. The minimum absolute atomic E-state index is 0.902. The fraction of sp³-hybridized carbons (Fsp3) is 0.357. The van der Waals surface area contributed by atoms with Gasteiger partial charge in [-0.2, -0.15) is 5.10 Å². The summed E-state index contributed by atoms with van der Waals surface area (Å²) in [7, 11) is 3.69. The van der Waals surface area contributed by atoms with E-state index in [1.807, 2.05) is 24.7 Å². The van der Waals surface area contributed by atoms with Crippen LogP contribution in [0.25, 0.3) is 0 Å². The van der Waals surface area contributed by atoms with Gasteiger partial charge < -0.3 is 9.64 Å². The summed E-state index contributed by atoms with van der Waals surface area (Å²) >= 11 is 0. The van der Waals surface area contributed by atoms with Crippen LogP contribution in [0.3, 0.4) is 0 Å². The van der Waals surface area contributed by atoms with E-state index in [0.717, 1.165) is 30.2 Å². The van der Waals surface area contributed by atoms with E-state index in [1.54, 1.807) is 7.11 Å². The van der Waals surface area contributed by atoms with Crippen LogP contribution < -0.4 is 9.64 Å². The third kappa shape index (κ3) is 1.65. The molecule has 1 aromatic heterocycles. The van der Waals surface area contributed by atoms with Crippen LogP contribution in [0, 0.1) is 6.92 Å². The molecule has 0 N–H and O–H groups in total. The molecule has 4 heteroatoms. The van der Waals surface area contributed by atoms with Crippen LogP contribution >= 0.6 is 0 Å². The summed E-state index contributed by atoms with van der Waals surface area (Å²) in [5, 5.41) is 4.41. The molecule has 2 heterocycles. The van der Waals surface area contributed by atoms with Crippen molar-refractivity contribution in [3.63, 3.8) is 0 Å². The van der Waals surface area contributed by atoms with Crippen LogP contribution in [0.2, 0.25) is 0 Å². The predicted octanol–water partition coefficient (Wildman–Crippen LogP) is 2.43. The molecule has 0 atom stereocenters. The summed E-state index contributed by atoms with van der Waals surface area (Å²) in [5.41, 5.74) is 3.65. The van der Waals surface area contributed by atoms with Gasteiger partial charge in [-0.05, 0) is 25.0 Å². The van der Waals surface area contributed by atoms with E-state index < -0.39 is 0 Å². The molecule has 0 saturated carbocycles. The molecule has 0 bridgehead atoms. The molecule has 0 spiro atoms. The highest BCUT2D eigenvalue weighted by molar-refractivity contribution is 5.69. The van der Waals surface area contributed by atoms with E-state index in [2.05, 4.69) is 28.2 Å². The van der Waals surface area contributed by atoms with Gasteiger partial charge in [-0.15, -0.1) is 0 Å². The van der Waals surface area contributed by atoms with Crippen LogP contribution in [-0.4, -0.2) is 23.4 Å². The first-order chi connectivity index (χ1) is 8.69. The van der Waals surface area contributed by atoms with Gasteiger partial charge in [-0.25, -0.2) is 0 Å². The maximum absolute atomic E-state index is 5.31. The van der Waals surface area contributed by atoms with Crippen molar-refractivity contribution in [3.05, 3.63) is 35.5 Å². The van der Waals surface area contributed by atoms with Crippen molar-refractivity contribution in [1.29, 1.82) is 0 Å². The molecule has 94 valence electrons. The summed E-state index contributed by atoms with van der Waals surface area (Å²) < 4.78 is 7.24. The predicted molar refractivity (Wildman–Crippen MR) is 71.6 cm³/mol. The van der Waals surface area contributed by atoms with E-state index in [4.69, 9.17) is 4.74 Å². The van der Waals surface area contributed by atoms with E-state index in [1.165, 1.54) is 11.3 Å². The Hall–Kier alpha value is -1.97. The minimum atomic E-state index is 0.902. The SMILES string of the molecule is COc1ccc2c(c1)N(c1cc(C)nn1C)CC2. The van der Waals surface area contributed by atoms with Gasteiger partial charge in [0.1, 0.15) is 11.6 Å². The van der Waals surface area contributed by atoms with E-state index in [-0.39, 0.29) is 0 Å². The maximum atomic E-state index is 5.31. The summed E-state index contributed by atoms with van der Waals surface area (Å²) in [6, 6.07) is 8.40. The molecule has 1 aromatic carbocycles. The van der Waals surface area contributed by atoms with Crippen LogP contribution in [0.5, 0.6) is 5.75 Å². The third-order valence-electron chi connectivity index (χ3n) is 3.44. The molecular weight excluding hydrogens is 226 g/mol. The van der Waals surface area contributed by atoms with Crippen molar-refractivity contribution in [2.24, 2.45) is 7.05 Å². The fourth-order valence-corrected chi connectivity index (χ4v) is 2.57. The molecule has 1 aliphatic rings. The van der Waals surface area contributed by atoms with E-state index in [0.29, 0.717) is 0 Å². The van der Waals surface area contributed by atoms with Gasteiger partial charge in [-0.1, -0.05) is 6.07 Å². The lowest BCUT2D eigenvalue weighted by molar-refractivity contribution is 0.415. The second kappa shape index (κ2) is 4.05. The molecule has 2 aromatic rings. The Labute approximate surface area is 107 Å². The number of ether oxygens (including phenoxy) is 1. The lowest BCUT2D eigenvalue weighted by Gasteiger charge is -2.19. The normalized spacial score (nSPS) is 13.8. The molecule has 0 saturated heterocycles. The van der Waals surface area contributed by atoms with Gasteiger partial charge in [0.05, 0.1) is 12.8 Å². The topological polar surface area (TPSA) is 30.3 Å². The number of hydrogen-bond acceptors (Lipinski definition) is 3. The molecule has 18 heavy (non-hydrogen) atoms. The zero-order valence-corrected chi connectivity index (χ0v) is 11.0. The standard InChI is InChI=1S/C14H17N3O/c1-10-8-14(16(2)15-10)17-7-6-11-4-5-12(18-3)9-13(11)17/h4-5,8-9H,6-7H2,1-3H3. The molecule has 0 amide bonds. The fourth-order valence-electron chi connectivity index (χ4n) is 2.57. The Morgan fingerprint density at radius 3 is 2.78 bits per heavy atom. The van der Waals surface area contributed by atoms with Gasteiger partial charge in [0.2, 0.25) is 0 Å². The Morgan fingerprint density at radius 1 is 1.28 bits per heavy atom. The summed E-state index contributed by atoms with van der Waals surface area (Å²) in [4.78, 5) is 2.30. The summed E-state index contributed by atoms with van der Waals surface area (Å²) in [6.07, 6.45) is 1.07. The van der Waals surface area contributed by atoms with E-state index in [9.17, 15) is 0 Å². The van der Waals surface area contributed by atoms with Crippen LogP contribution in [-0.2, 0) is 13.5 Å². The maximum Gasteiger partial charge on any atom is 0.131 e. The van der Waals surface area contributed by atoms with Gasteiger partial charge in [0.15, 0.2) is 0 Å². The lowest BCUT2D eigenvalue weighted by atomic mass is 10.1. The monoisotopic (exact) mass is 243 g/mol. The second-order valence-corrected chi connectivity index (χ2v) is 4.66. The highest BCUT2D eigenvalue weighted by Gasteiger charge is 2.23. The molecule has 0 fully saturated rings. The highest BCUT2D eigenvalue weighted by atomic mass is 16.5. The molecular formula is C14H17N3O. The van der Waals surface area contributed by atoms with Crippen LogP contribution in [0.1, 0.15) is 11.3 Å². The number of hydrogen-bond donors (Lipinski definition) is 0. The molecule has 1 aliphatic heterocycles. The molecule has 0 radical (unpaired) electrons. The van der Waals surface area contributed by atoms with E-state index >= 15 is 0 Å².